The van der Waals surface area contributed by atoms with Crippen LogP contribution in [0, 0.1) is 5.92 Å². The van der Waals surface area contributed by atoms with Crippen molar-refractivity contribution >= 4 is 17.9 Å². The molecule has 0 aliphatic heterocycles. The molecule has 0 saturated heterocycles. The van der Waals surface area contributed by atoms with Crippen molar-refractivity contribution < 1.29 is 19.5 Å². The maximum atomic E-state index is 11.8. The topological polar surface area (TPSA) is 98.7 Å². The first kappa shape index (κ1) is 17.2. The van der Waals surface area contributed by atoms with E-state index in [1.807, 2.05) is 6.92 Å². The first-order valence-electron chi connectivity index (χ1n) is 6.44. The van der Waals surface area contributed by atoms with E-state index in [-0.39, 0.29) is 19.0 Å². The number of nitrogens with zero attached hydrogens (tertiary/aromatic N) is 1. The number of carboxylic acids is 1. The highest BCUT2D eigenvalue weighted by molar-refractivity contribution is 5.84. The molecule has 7 heteroatoms. The number of carboxylic acid groups (broad SMARTS) is 1. The molecule has 1 atom stereocenters. The molecular weight excluding hydrogens is 250 g/mol. The summed E-state index contributed by atoms with van der Waals surface area (Å²) in [6, 6.07) is -0.428. The van der Waals surface area contributed by atoms with Crippen molar-refractivity contribution in [3.63, 3.8) is 0 Å². The fraction of sp³-hybridized carbons (Fsp3) is 0.750. The summed E-state index contributed by atoms with van der Waals surface area (Å²) in [6.07, 6.45) is 0.830. The summed E-state index contributed by atoms with van der Waals surface area (Å²) < 4.78 is 0. The molecular formula is C12H23N3O4. The third kappa shape index (κ3) is 7.28. The minimum atomic E-state index is -0.952. The number of carbonyl (C=O) groups excluding carboxylic acids is 2. The van der Waals surface area contributed by atoms with E-state index < -0.39 is 17.9 Å². The van der Waals surface area contributed by atoms with Crippen LogP contribution < -0.4 is 10.6 Å². The van der Waals surface area contributed by atoms with Crippen molar-refractivity contribution in [1.29, 1.82) is 0 Å². The predicted molar refractivity (Wildman–Crippen MR) is 70.7 cm³/mol. The van der Waals surface area contributed by atoms with Gasteiger partial charge < -0.3 is 20.6 Å². The Bertz CT molecular complexity index is 320. The van der Waals surface area contributed by atoms with Gasteiger partial charge in [-0.2, -0.15) is 0 Å². The second kappa shape index (κ2) is 9.18. The summed E-state index contributed by atoms with van der Waals surface area (Å²) in [5, 5.41) is 13.9. The van der Waals surface area contributed by atoms with E-state index in [1.54, 1.807) is 6.92 Å². The number of aliphatic carboxylic acids is 1. The lowest BCUT2D eigenvalue weighted by atomic mass is 10.2. The smallest absolute Gasteiger partial charge is 0.317 e. The van der Waals surface area contributed by atoms with Crippen LogP contribution in [0.1, 0.15) is 27.2 Å². The van der Waals surface area contributed by atoms with Crippen LogP contribution in [0.3, 0.4) is 0 Å². The average molecular weight is 273 g/mol. The second-order valence-corrected chi connectivity index (χ2v) is 4.29. The van der Waals surface area contributed by atoms with E-state index in [1.165, 1.54) is 11.8 Å². The minimum absolute atomic E-state index is 0.100. The molecule has 1 unspecified atom stereocenters. The summed E-state index contributed by atoms with van der Waals surface area (Å²) in [7, 11) is 0. The lowest BCUT2D eigenvalue weighted by molar-refractivity contribution is -0.141. The van der Waals surface area contributed by atoms with Gasteiger partial charge in [0.1, 0.15) is 0 Å². The third-order valence-electron chi connectivity index (χ3n) is 2.56. The number of urea groups is 1. The van der Waals surface area contributed by atoms with Gasteiger partial charge in [0.15, 0.2) is 0 Å². The molecule has 19 heavy (non-hydrogen) atoms. The fourth-order valence-electron chi connectivity index (χ4n) is 1.36. The highest BCUT2D eigenvalue weighted by atomic mass is 16.4. The van der Waals surface area contributed by atoms with Gasteiger partial charge in [0.25, 0.3) is 0 Å². The molecule has 0 aromatic heterocycles. The summed E-state index contributed by atoms with van der Waals surface area (Å²) in [6.45, 7) is 6.20. The van der Waals surface area contributed by atoms with Gasteiger partial charge >= 0.3 is 12.0 Å². The molecule has 3 amide bonds. The number of rotatable bonds is 8. The predicted octanol–water partition coefficient (Wildman–Crippen LogP) is 0.265. The molecule has 0 aromatic rings. The van der Waals surface area contributed by atoms with Crippen molar-refractivity contribution in [1.82, 2.24) is 15.5 Å². The molecule has 0 radical (unpaired) electrons. The molecule has 7 nitrogen and oxygen atoms in total. The standard InChI is InChI=1S/C12H23N3O4/c1-4-6-13-10(16)7-14-12(19)15(5-2)8-9(3)11(17)18/h9H,4-8H2,1-3H3,(H,13,16)(H,14,19)(H,17,18). The normalized spacial score (nSPS) is 11.5. The van der Waals surface area contributed by atoms with Gasteiger partial charge in [0, 0.05) is 19.6 Å². The monoisotopic (exact) mass is 273 g/mol. The zero-order valence-electron chi connectivity index (χ0n) is 11.7. The fourth-order valence-corrected chi connectivity index (χ4v) is 1.36. The SMILES string of the molecule is CCCNC(=O)CNC(=O)N(CC)CC(C)C(=O)O. The second-order valence-electron chi connectivity index (χ2n) is 4.29. The van der Waals surface area contributed by atoms with Crippen LogP contribution in [-0.4, -0.2) is 54.1 Å². The number of amides is 3. The van der Waals surface area contributed by atoms with Gasteiger partial charge in [-0.1, -0.05) is 13.8 Å². The Morgan fingerprint density at radius 2 is 1.84 bits per heavy atom. The number of hydrogen-bond donors (Lipinski definition) is 3. The molecule has 0 aliphatic rings. The maximum absolute atomic E-state index is 11.8. The van der Waals surface area contributed by atoms with E-state index in [2.05, 4.69) is 10.6 Å². The summed E-state index contributed by atoms with van der Waals surface area (Å²) in [5.41, 5.74) is 0. The van der Waals surface area contributed by atoms with Crippen LogP contribution in [0.4, 0.5) is 4.79 Å². The van der Waals surface area contributed by atoms with Crippen molar-refractivity contribution in [2.45, 2.75) is 27.2 Å². The molecule has 0 saturated carbocycles. The van der Waals surface area contributed by atoms with Gasteiger partial charge in [-0.15, -0.1) is 0 Å². The Morgan fingerprint density at radius 1 is 1.21 bits per heavy atom. The Balaban J connectivity index is 4.14. The number of carbonyl (C=O) groups is 3. The van der Waals surface area contributed by atoms with Gasteiger partial charge in [0.2, 0.25) is 5.91 Å². The molecule has 0 bridgehead atoms. The zero-order valence-corrected chi connectivity index (χ0v) is 11.7. The van der Waals surface area contributed by atoms with Crippen LogP contribution in [-0.2, 0) is 9.59 Å². The minimum Gasteiger partial charge on any atom is -0.481 e. The zero-order chi connectivity index (χ0) is 14.8. The number of nitrogens with one attached hydrogen (secondary N) is 2. The van der Waals surface area contributed by atoms with Crippen LogP contribution >= 0.6 is 0 Å². The van der Waals surface area contributed by atoms with Crippen LogP contribution in [0.25, 0.3) is 0 Å². The van der Waals surface area contributed by atoms with E-state index in [0.29, 0.717) is 13.1 Å². The summed E-state index contributed by atoms with van der Waals surface area (Å²) >= 11 is 0. The quantitative estimate of drug-likeness (QED) is 0.591. The number of hydrogen-bond acceptors (Lipinski definition) is 3. The van der Waals surface area contributed by atoms with Gasteiger partial charge in [0.05, 0.1) is 12.5 Å². The van der Waals surface area contributed by atoms with Gasteiger partial charge in [-0.3, -0.25) is 9.59 Å². The molecule has 0 fully saturated rings. The summed E-state index contributed by atoms with van der Waals surface area (Å²) in [5.74, 6) is -1.84. The van der Waals surface area contributed by atoms with E-state index >= 15 is 0 Å². The molecule has 0 aromatic carbocycles. The average Bonchev–Trinajstić information content (AvgIpc) is 2.39. The van der Waals surface area contributed by atoms with Crippen LogP contribution in [0.2, 0.25) is 0 Å². The van der Waals surface area contributed by atoms with Gasteiger partial charge in [-0.25, -0.2) is 4.79 Å². The third-order valence-corrected chi connectivity index (χ3v) is 2.56. The Kier molecular flexibility index (Phi) is 8.32. The van der Waals surface area contributed by atoms with E-state index in [0.717, 1.165) is 6.42 Å². The molecule has 0 aliphatic carbocycles. The van der Waals surface area contributed by atoms with Gasteiger partial charge in [-0.05, 0) is 13.3 Å². The highest BCUT2D eigenvalue weighted by Gasteiger charge is 2.19. The van der Waals surface area contributed by atoms with Crippen molar-refractivity contribution in [2.24, 2.45) is 5.92 Å². The Labute approximate surface area is 113 Å². The summed E-state index contributed by atoms with van der Waals surface area (Å²) in [4.78, 5) is 35.2. The molecule has 0 heterocycles. The van der Waals surface area contributed by atoms with E-state index in [4.69, 9.17) is 5.11 Å². The molecule has 3 N–H and O–H groups in total. The largest absolute Gasteiger partial charge is 0.481 e. The lowest BCUT2D eigenvalue weighted by Gasteiger charge is -2.23. The Morgan fingerprint density at radius 3 is 2.32 bits per heavy atom. The highest BCUT2D eigenvalue weighted by Crippen LogP contribution is 2.00. The first-order chi connectivity index (χ1) is 8.92. The molecule has 110 valence electrons. The van der Waals surface area contributed by atoms with Crippen LogP contribution in [0.15, 0.2) is 0 Å². The maximum Gasteiger partial charge on any atom is 0.317 e. The van der Waals surface area contributed by atoms with Crippen molar-refractivity contribution in [2.75, 3.05) is 26.2 Å². The van der Waals surface area contributed by atoms with Crippen molar-refractivity contribution in [3.8, 4) is 0 Å². The van der Waals surface area contributed by atoms with E-state index in [9.17, 15) is 14.4 Å². The van der Waals surface area contributed by atoms with Crippen LogP contribution in [0.5, 0.6) is 0 Å². The molecule has 0 spiro atoms. The van der Waals surface area contributed by atoms with Crippen molar-refractivity contribution in [3.05, 3.63) is 0 Å². The first-order valence-corrected chi connectivity index (χ1v) is 6.44. The Hall–Kier alpha value is -1.79. The lowest BCUT2D eigenvalue weighted by Crippen LogP contribution is -2.46. The molecule has 0 rings (SSSR count).